The first-order valence-electron chi connectivity index (χ1n) is 10.1. The first-order valence-corrected chi connectivity index (χ1v) is 10.1. The fourth-order valence-corrected chi connectivity index (χ4v) is 3.68. The van der Waals surface area contributed by atoms with Gasteiger partial charge >= 0.3 is 6.03 Å². The number of hydroxylamine groups is 2. The Bertz CT molecular complexity index is 963. The zero-order valence-electron chi connectivity index (χ0n) is 18.1. The van der Waals surface area contributed by atoms with E-state index in [9.17, 15) is 19.1 Å². The van der Waals surface area contributed by atoms with Crippen molar-refractivity contribution in [1.29, 1.82) is 0 Å². The number of carbonyl (C=O) groups is 2. The lowest BCUT2D eigenvalue weighted by Crippen LogP contribution is -2.44. The minimum absolute atomic E-state index is 0.0807. The molecule has 3 rings (SSSR count). The lowest BCUT2D eigenvalue weighted by atomic mass is 10.0. The number of benzene rings is 1. The third kappa shape index (κ3) is 5.02. The number of halogens is 1. The van der Waals surface area contributed by atoms with Crippen molar-refractivity contribution in [2.75, 3.05) is 19.0 Å². The summed E-state index contributed by atoms with van der Waals surface area (Å²) in [6.07, 6.45) is 0.469. The zero-order valence-corrected chi connectivity index (χ0v) is 18.1. The van der Waals surface area contributed by atoms with Crippen molar-refractivity contribution < 1.29 is 23.9 Å². The van der Waals surface area contributed by atoms with Crippen LogP contribution in [0.5, 0.6) is 0 Å². The second-order valence-corrected chi connectivity index (χ2v) is 7.83. The summed E-state index contributed by atoms with van der Waals surface area (Å²) in [4.78, 5) is 30.7. The number of rotatable bonds is 7. The Morgan fingerprint density at radius 2 is 2.23 bits per heavy atom. The van der Waals surface area contributed by atoms with Gasteiger partial charge in [0.1, 0.15) is 11.9 Å². The average Bonchev–Trinajstić information content (AvgIpc) is 3.03. The Morgan fingerprint density at radius 3 is 2.87 bits per heavy atom. The number of anilines is 1. The van der Waals surface area contributed by atoms with E-state index in [2.05, 4.69) is 10.4 Å². The summed E-state index contributed by atoms with van der Waals surface area (Å²) in [5.41, 5.74) is 3.71. The van der Waals surface area contributed by atoms with Gasteiger partial charge in [-0.05, 0) is 44.5 Å². The minimum atomic E-state index is -0.631. The number of aryl methyl sites for hydroxylation is 1. The van der Waals surface area contributed by atoms with Crippen LogP contribution >= 0.6 is 0 Å². The van der Waals surface area contributed by atoms with Crippen LogP contribution in [0, 0.1) is 19.7 Å². The summed E-state index contributed by atoms with van der Waals surface area (Å²) < 4.78 is 15.2. The highest BCUT2D eigenvalue weighted by molar-refractivity contribution is 5.89. The van der Waals surface area contributed by atoms with Gasteiger partial charge in [-0.1, -0.05) is 0 Å². The molecule has 2 atom stereocenters. The minimum Gasteiger partial charge on any atom is -0.393 e. The van der Waals surface area contributed by atoms with Crippen LogP contribution in [0.25, 0.3) is 0 Å². The molecule has 0 saturated carbocycles. The quantitative estimate of drug-likeness (QED) is 0.514. The number of aliphatic hydroxyl groups is 1. The molecule has 31 heavy (non-hydrogen) atoms. The molecule has 1 unspecified atom stereocenters. The highest BCUT2D eigenvalue weighted by Gasteiger charge is 2.31. The fraction of sp³-hybridized carbons (Fsp3) is 0.476. The SMILES string of the molecule is Cc1cc(NC(=O)N2Cc3c(nn(CC(CO)ON(C)C=O)c3C)C[C@H]2C)ccc1F. The van der Waals surface area contributed by atoms with E-state index < -0.39 is 6.10 Å². The topological polar surface area (TPSA) is 99.9 Å². The number of aliphatic hydroxyl groups excluding tert-OH is 1. The molecule has 3 amide bonds. The maximum atomic E-state index is 13.5. The molecule has 0 fully saturated rings. The molecule has 2 N–H and O–H groups in total. The molecule has 0 saturated heterocycles. The molecule has 9 nitrogen and oxygen atoms in total. The molecule has 0 spiro atoms. The van der Waals surface area contributed by atoms with Crippen molar-refractivity contribution in [2.45, 2.75) is 52.4 Å². The Labute approximate surface area is 180 Å². The van der Waals surface area contributed by atoms with Gasteiger partial charge in [-0.15, -0.1) is 0 Å². The van der Waals surface area contributed by atoms with Gasteiger partial charge in [-0.25, -0.2) is 14.2 Å². The van der Waals surface area contributed by atoms with E-state index >= 15 is 0 Å². The van der Waals surface area contributed by atoms with Crippen molar-refractivity contribution in [3.8, 4) is 0 Å². The van der Waals surface area contributed by atoms with Crippen molar-refractivity contribution in [3.05, 3.63) is 46.5 Å². The summed E-state index contributed by atoms with van der Waals surface area (Å²) in [5.74, 6) is -0.318. The largest absolute Gasteiger partial charge is 0.393 e. The van der Waals surface area contributed by atoms with Crippen molar-refractivity contribution in [2.24, 2.45) is 0 Å². The van der Waals surface area contributed by atoms with Gasteiger partial charge in [-0.2, -0.15) is 5.10 Å². The van der Waals surface area contributed by atoms with Gasteiger partial charge < -0.3 is 15.3 Å². The van der Waals surface area contributed by atoms with Gasteiger partial charge in [0, 0.05) is 36.5 Å². The summed E-state index contributed by atoms with van der Waals surface area (Å²) >= 11 is 0. The van der Waals surface area contributed by atoms with E-state index in [1.165, 1.54) is 19.2 Å². The maximum absolute atomic E-state index is 13.5. The molecule has 2 heterocycles. The van der Waals surface area contributed by atoms with Crippen molar-refractivity contribution in [3.63, 3.8) is 0 Å². The van der Waals surface area contributed by atoms with Gasteiger partial charge in [0.05, 0.1) is 25.4 Å². The molecule has 2 aromatic rings. The average molecular weight is 433 g/mol. The monoisotopic (exact) mass is 433 g/mol. The molecule has 1 aliphatic rings. The second-order valence-electron chi connectivity index (χ2n) is 7.83. The van der Waals surface area contributed by atoms with Gasteiger partial charge in [-0.3, -0.25) is 14.3 Å². The van der Waals surface area contributed by atoms with Crippen molar-refractivity contribution >= 4 is 18.1 Å². The molecule has 168 valence electrons. The van der Waals surface area contributed by atoms with Crippen LogP contribution in [0.15, 0.2) is 18.2 Å². The maximum Gasteiger partial charge on any atom is 0.322 e. The van der Waals surface area contributed by atoms with E-state index in [0.717, 1.165) is 22.0 Å². The Morgan fingerprint density at radius 1 is 1.48 bits per heavy atom. The van der Waals surface area contributed by atoms with Crippen LogP contribution in [-0.2, 0) is 29.1 Å². The van der Waals surface area contributed by atoms with Crippen LogP contribution in [0.4, 0.5) is 14.9 Å². The number of nitrogens with one attached hydrogen (secondary N) is 1. The van der Waals surface area contributed by atoms with Crippen LogP contribution < -0.4 is 5.32 Å². The lowest BCUT2D eigenvalue weighted by Gasteiger charge is -2.33. The number of hydrogen-bond acceptors (Lipinski definition) is 5. The Balaban J connectivity index is 1.74. The van der Waals surface area contributed by atoms with Gasteiger partial charge in [0.15, 0.2) is 0 Å². The second kappa shape index (κ2) is 9.44. The van der Waals surface area contributed by atoms with Gasteiger partial charge in [0.2, 0.25) is 6.41 Å². The number of nitrogens with zero attached hydrogens (tertiary/aromatic N) is 4. The zero-order chi connectivity index (χ0) is 22.7. The molecule has 1 aromatic heterocycles. The first kappa shape index (κ1) is 22.7. The van der Waals surface area contributed by atoms with Crippen LogP contribution in [0.3, 0.4) is 0 Å². The molecule has 10 heteroatoms. The molecule has 0 aliphatic carbocycles. The lowest BCUT2D eigenvalue weighted by molar-refractivity contribution is -0.192. The number of fused-ring (bicyclic) bond motifs is 1. The number of carbonyl (C=O) groups excluding carboxylic acids is 2. The standard InChI is InChI=1S/C21H28FN5O4/c1-13-7-16(5-6-19(13)22)23-21(30)26-10-18-15(3)27(24-20(18)8-14(26)2)9-17(11-28)31-25(4)12-29/h5-7,12,14,17,28H,8-11H2,1-4H3,(H,23,30)/t14-,17?/m1/s1. The fourth-order valence-electron chi connectivity index (χ4n) is 3.68. The summed E-state index contributed by atoms with van der Waals surface area (Å²) in [7, 11) is 1.46. The number of urea groups is 1. The Kier molecular flexibility index (Phi) is 6.91. The van der Waals surface area contributed by atoms with Crippen LogP contribution in [0.1, 0.15) is 29.4 Å². The van der Waals surface area contributed by atoms with Gasteiger partial charge in [0.25, 0.3) is 0 Å². The molecular weight excluding hydrogens is 405 g/mol. The summed E-state index contributed by atoms with van der Waals surface area (Å²) in [5, 5.41) is 18.0. The Hall–Kier alpha value is -2.98. The molecule has 1 aromatic carbocycles. The summed E-state index contributed by atoms with van der Waals surface area (Å²) in [6, 6.07) is 4.12. The smallest absolute Gasteiger partial charge is 0.322 e. The number of aromatic nitrogens is 2. The van der Waals surface area contributed by atoms with E-state index in [4.69, 9.17) is 4.84 Å². The van der Waals surface area contributed by atoms with E-state index in [-0.39, 0.29) is 31.0 Å². The normalized spacial score (nSPS) is 16.6. The van der Waals surface area contributed by atoms with Crippen LogP contribution in [0.2, 0.25) is 0 Å². The van der Waals surface area contributed by atoms with E-state index in [1.807, 2.05) is 13.8 Å². The first-order chi connectivity index (χ1) is 14.7. The number of hydrogen-bond donors (Lipinski definition) is 2. The third-order valence-corrected chi connectivity index (χ3v) is 5.48. The number of amides is 3. The third-order valence-electron chi connectivity index (χ3n) is 5.48. The highest BCUT2D eigenvalue weighted by atomic mass is 19.1. The van der Waals surface area contributed by atoms with Crippen LogP contribution in [-0.4, -0.2) is 63.1 Å². The summed E-state index contributed by atoms with van der Waals surface area (Å²) in [6.45, 7) is 5.87. The van der Waals surface area contributed by atoms with E-state index in [0.29, 0.717) is 30.6 Å². The predicted molar refractivity (Wildman–Crippen MR) is 112 cm³/mol. The highest BCUT2D eigenvalue weighted by Crippen LogP contribution is 2.27. The molecule has 1 aliphatic heterocycles. The van der Waals surface area contributed by atoms with Crippen molar-refractivity contribution in [1.82, 2.24) is 19.7 Å². The molecule has 0 radical (unpaired) electrons. The molecule has 0 bridgehead atoms. The predicted octanol–water partition coefficient (Wildman–Crippen LogP) is 2.00. The van der Waals surface area contributed by atoms with E-state index in [1.54, 1.807) is 22.6 Å². The molecular formula is C21H28FN5O4.